The number of hydrogen-bond acceptors (Lipinski definition) is 3. The smallest absolute Gasteiger partial charge is 0.408 e. The fraction of sp³-hybridized carbons (Fsp3) is 0.800. The van der Waals surface area contributed by atoms with Gasteiger partial charge in [-0.3, -0.25) is 0 Å². The lowest BCUT2D eigenvalue weighted by Gasteiger charge is -2.20. The van der Waals surface area contributed by atoms with Crippen LogP contribution in [0.15, 0.2) is 0 Å². The van der Waals surface area contributed by atoms with E-state index in [9.17, 15) is 9.59 Å². The van der Waals surface area contributed by atoms with E-state index in [-0.39, 0.29) is 12.0 Å². The van der Waals surface area contributed by atoms with Gasteiger partial charge in [0, 0.05) is 0 Å². The number of hydrogen-bond donors (Lipinski definition) is 2. The van der Waals surface area contributed by atoms with Gasteiger partial charge in [0.2, 0.25) is 0 Å². The molecule has 0 rings (SSSR count). The van der Waals surface area contributed by atoms with Gasteiger partial charge in [0.25, 0.3) is 0 Å². The Morgan fingerprint density at radius 1 is 1.33 bits per heavy atom. The summed E-state index contributed by atoms with van der Waals surface area (Å²) in [6.45, 7) is 7.06. The molecular formula is C10H19NO4. The van der Waals surface area contributed by atoms with Crippen LogP contribution in [0.2, 0.25) is 0 Å². The lowest BCUT2D eigenvalue weighted by molar-refractivity contribution is -0.140. The van der Waals surface area contributed by atoms with Crippen molar-refractivity contribution in [1.29, 1.82) is 0 Å². The number of ether oxygens (including phenoxy) is 1. The quantitative estimate of drug-likeness (QED) is 0.733. The van der Waals surface area contributed by atoms with E-state index in [4.69, 9.17) is 9.84 Å². The summed E-state index contributed by atoms with van der Waals surface area (Å²) < 4.78 is 4.81. The molecule has 0 aromatic carbocycles. The van der Waals surface area contributed by atoms with Crippen LogP contribution in [0.4, 0.5) is 4.79 Å². The molecule has 0 saturated heterocycles. The summed E-state index contributed by atoms with van der Waals surface area (Å²) in [5.41, 5.74) is 0. The SMILES string of the molecule is CCC(C)[C@H](NC(=O)OC(C)C)C(=O)O. The summed E-state index contributed by atoms with van der Waals surface area (Å²) in [5.74, 6) is -1.16. The molecule has 1 unspecified atom stereocenters. The molecule has 0 aromatic heterocycles. The highest BCUT2D eigenvalue weighted by atomic mass is 16.6. The molecule has 0 bridgehead atoms. The first-order valence-electron chi connectivity index (χ1n) is 5.08. The van der Waals surface area contributed by atoms with E-state index < -0.39 is 18.1 Å². The minimum atomic E-state index is -1.04. The molecule has 0 spiro atoms. The van der Waals surface area contributed by atoms with E-state index >= 15 is 0 Å². The molecule has 1 amide bonds. The predicted octanol–water partition coefficient (Wildman–Crippen LogP) is 1.62. The standard InChI is InChI=1S/C10H19NO4/c1-5-7(4)8(9(12)13)11-10(14)15-6(2)3/h6-8H,5H2,1-4H3,(H,11,14)(H,12,13)/t7?,8-/m0/s1. The summed E-state index contributed by atoms with van der Waals surface area (Å²) in [6.07, 6.45) is -0.257. The van der Waals surface area contributed by atoms with Crippen molar-refractivity contribution in [2.45, 2.75) is 46.3 Å². The molecule has 0 fully saturated rings. The highest BCUT2D eigenvalue weighted by molar-refractivity contribution is 5.80. The monoisotopic (exact) mass is 217 g/mol. The molecule has 0 radical (unpaired) electrons. The highest BCUT2D eigenvalue weighted by Crippen LogP contribution is 2.08. The molecule has 0 aliphatic rings. The number of carboxylic acid groups (broad SMARTS) is 1. The summed E-state index contributed by atoms with van der Waals surface area (Å²) in [7, 11) is 0. The highest BCUT2D eigenvalue weighted by Gasteiger charge is 2.25. The second-order valence-corrected chi connectivity index (χ2v) is 3.80. The largest absolute Gasteiger partial charge is 0.480 e. The Balaban J connectivity index is 4.29. The first-order valence-corrected chi connectivity index (χ1v) is 5.08. The van der Waals surface area contributed by atoms with Crippen molar-refractivity contribution in [3.8, 4) is 0 Å². The third-order valence-electron chi connectivity index (χ3n) is 2.10. The van der Waals surface area contributed by atoms with Crippen LogP contribution in [0.1, 0.15) is 34.1 Å². The van der Waals surface area contributed by atoms with E-state index in [0.29, 0.717) is 6.42 Å². The van der Waals surface area contributed by atoms with Crippen molar-refractivity contribution >= 4 is 12.1 Å². The Morgan fingerprint density at radius 3 is 2.20 bits per heavy atom. The second-order valence-electron chi connectivity index (χ2n) is 3.80. The number of carbonyl (C=O) groups excluding carboxylic acids is 1. The summed E-state index contributed by atoms with van der Waals surface area (Å²) in [5, 5.41) is 11.2. The molecule has 0 saturated carbocycles. The van der Waals surface area contributed by atoms with Crippen LogP contribution in [0.5, 0.6) is 0 Å². The number of carbonyl (C=O) groups is 2. The lowest BCUT2D eigenvalue weighted by Crippen LogP contribution is -2.45. The van der Waals surface area contributed by atoms with Gasteiger partial charge in [-0.05, 0) is 19.8 Å². The normalized spacial score (nSPS) is 14.5. The number of rotatable bonds is 5. The van der Waals surface area contributed by atoms with Gasteiger partial charge in [0.15, 0.2) is 0 Å². The van der Waals surface area contributed by atoms with Crippen LogP contribution >= 0.6 is 0 Å². The van der Waals surface area contributed by atoms with Gasteiger partial charge in [0.05, 0.1) is 6.10 Å². The van der Waals surface area contributed by atoms with Crippen LogP contribution < -0.4 is 5.32 Å². The molecule has 15 heavy (non-hydrogen) atoms. The molecule has 0 heterocycles. The van der Waals surface area contributed by atoms with Gasteiger partial charge >= 0.3 is 12.1 Å². The minimum absolute atomic E-state index is 0.123. The zero-order valence-corrected chi connectivity index (χ0v) is 9.61. The summed E-state index contributed by atoms with van der Waals surface area (Å²) in [4.78, 5) is 22.0. The van der Waals surface area contributed by atoms with Crippen molar-refractivity contribution in [3.63, 3.8) is 0 Å². The number of alkyl carbamates (subject to hydrolysis) is 1. The van der Waals surface area contributed by atoms with Crippen LogP contribution in [0.25, 0.3) is 0 Å². The molecule has 2 N–H and O–H groups in total. The Labute approximate surface area is 89.8 Å². The van der Waals surface area contributed by atoms with Crippen molar-refractivity contribution in [2.75, 3.05) is 0 Å². The number of aliphatic carboxylic acids is 1. The summed E-state index contributed by atoms with van der Waals surface area (Å²) in [6, 6.07) is -0.888. The third-order valence-corrected chi connectivity index (χ3v) is 2.10. The number of carboxylic acids is 1. The van der Waals surface area contributed by atoms with Gasteiger partial charge in [-0.2, -0.15) is 0 Å². The average molecular weight is 217 g/mol. The summed E-state index contributed by atoms with van der Waals surface area (Å²) >= 11 is 0. The Hall–Kier alpha value is -1.26. The van der Waals surface area contributed by atoms with Crippen LogP contribution in [-0.4, -0.2) is 29.3 Å². The molecule has 0 aromatic rings. The fourth-order valence-electron chi connectivity index (χ4n) is 1.06. The van der Waals surface area contributed by atoms with Gasteiger partial charge in [-0.1, -0.05) is 20.3 Å². The molecule has 0 aliphatic carbocycles. The molecule has 0 aliphatic heterocycles. The van der Waals surface area contributed by atoms with E-state index in [2.05, 4.69) is 5.32 Å². The van der Waals surface area contributed by atoms with E-state index in [0.717, 1.165) is 0 Å². The average Bonchev–Trinajstić information content (AvgIpc) is 2.11. The Bertz CT molecular complexity index is 227. The maximum atomic E-state index is 11.2. The molecule has 5 heteroatoms. The predicted molar refractivity (Wildman–Crippen MR) is 55.6 cm³/mol. The van der Waals surface area contributed by atoms with Crippen LogP contribution in [0.3, 0.4) is 0 Å². The lowest BCUT2D eigenvalue weighted by atomic mass is 10.00. The zero-order valence-electron chi connectivity index (χ0n) is 9.61. The van der Waals surface area contributed by atoms with Crippen LogP contribution in [0, 0.1) is 5.92 Å². The topological polar surface area (TPSA) is 75.6 Å². The van der Waals surface area contributed by atoms with Gasteiger partial charge in [0.1, 0.15) is 6.04 Å². The van der Waals surface area contributed by atoms with Crippen LogP contribution in [-0.2, 0) is 9.53 Å². The van der Waals surface area contributed by atoms with Crippen molar-refractivity contribution in [1.82, 2.24) is 5.32 Å². The number of amides is 1. The zero-order chi connectivity index (χ0) is 12.0. The van der Waals surface area contributed by atoms with Gasteiger partial charge < -0.3 is 15.2 Å². The molecule has 2 atom stereocenters. The second kappa shape index (κ2) is 6.27. The van der Waals surface area contributed by atoms with Gasteiger partial charge in [-0.15, -0.1) is 0 Å². The van der Waals surface area contributed by atoms with Gasteiger partial charge in [-0.25, -0.2) is 9.59 Å². The van der Waals surface area contributed by atoms with E-state index in [1.807, 2.05) is 6.92 Å². The maximum Gasteiger partial charge on any atom is 0.408 e. The Kier molecular flexibility index (Phi) is 5.74. The molecule has 88 valence electrons. The first kappa shape index (κ1) is 13.7. The fourth-order valence-corrected chi connectivity index (χ4v) is 1.06. The molecule has 5 nitrogen and oxygen atoms in total. The van der Waals surface area contributed by atoms with E-state index in [1.165, 1.54) is 0 Å². The molecular weight excluding hydrogens is 198 g/mol. The minimum Gasteiger partial charge on any atom is -0.480 e. The van der Waals surface area contributed by atoms with Crippen molar-refractivity contribution in [3.05, 3.63) is 0 Å². The maximum absolute atomic E-state index is 11.2. The van der Waals surface area contributed by atoms with Crippen molar-refractivity contribution < 1.29 is 19.4 Å². The Morgan fingerprint density at radius 2 is 1.87 bits per heavy atom. The van der Waals surface area contributed by atoms with Crippen molar-refractivity contribution in [2.24, 2.45) is 5.92 Å². The first-order chi connectivity index (χ1) is 6.88. The van der Waals surface area contributed by atoms with E-state index in [1.54, 1.807) is 20.8 Å². The third kappa shape index (κ3) is 5.24. The number of nitrogens with one attached hydrogen (secondary N) is 1.